The van der Waals surface area contributed by atoms with Crippen molar-refractivity contribution >= 4 is 59.0 Å². The topological polar surface area (TPSA) is 108 Å². The molecule has 6 amide bonds. The van der Waals surface area contributed by atoms with E-state index < -0.39 is 28.4 Å². The summed E-state index contributed by atoms with van der Waals surface area (Å²) in [6, 6.07) is 9.86. The van der Waals surface area contributed by atoms with Crippen molar-refractivity contribution in [3.05, 3.63) is 63.6 Å². The van der Waals surface area contributed by atoms with Crippen LogP contribution in [-0.4, -0.2) is 55.2 Å². The van der Waals surface area contributed by atoms with Crippen molar-refractivity contribution in [2.45, 2.75) is 6.42 Å². The van der Waals surface area contributed by atoms with Crippen LogP contribution in [0.15, 0.2) is 47.6 Å². The van der Waals surface area contributed by atoms with E-state index >= 15 is 0 Å². The monoisotopic (exact) mass is 476 g/mol. The molecule has 0 spiro atoms. The summed E-state index contributed by atoms with van der Waals surface area (Å²) in [7, 11) is 2.48. The largest absolute Gasteiger partial charge is 0.460 e. The SMILES string of the molecule is CNC(=O)[N+]1(C)C(=O)C=NN(c2ccc(Cl)c(C(=O)NCCc3ccccc3Cl)c2)C1=O. The van der Waals surface area contributed by atoms with Crippen LogP contribution in [-0.2, 0) is 11.2 Å². The van der Waals surface area contributed by atoms with Gasteiger partial charge in [-0.25, -0.2) is 14.4 Å². The standard InChI is InChI=1S/C21H19Cl2N5O4/c1-24-20(31)28(2)18(29)12-26-27(21(28)32)14-7-8-17(23)15(11-14)19(30)25-10-9-13-5-3-4-6-16(13)22/h3-8,11-12H,9-10H2,1-2H3,(H-,24,25,30,31)/p+1. The van der Waals surface area contributed by atoms with E-state index in [1.165, 1.54) is 32.3 Å². The van der Waals surface area contributed by atoms with Crippen molar-refractivity contribution in [1.29, 1.82) is 0 Å². The average Bonchev–Trinajstić information content (AvgIpc) is 2.78. The minimum Gasteiger partial charge on any atom is -0.352 e. The molecule has 2 aromatic carbocycles. The maximum atomic E-state index is 12.9. The number of amides is 6. The van der Waals surface area contributed by atoms with Gasteiger partial charge in [0.1, 0.15) is 0 Å². The maximum absolute atomic E-state index is 12.9. The van der Waals surface area contributed by atoms with Crippen LogP contribution in [0.25, 0.3) is 0 Å². The van der Waals surface area contributed by atoms with E-state index in [9.17, 15) is 19.2 Å². The van der Waals surface area contributed by atoms with Gasteiger partial charge in [0.25, 0.3) is 5.91 Å². The van der Waals surface area contributed by atoms with Gasteiger partial charge in [0.15, 0.2) is 6.21 Å². The maximum Gasteiger partial charge on any atom is 0.460 e. The van der Waals surface area contributed by atoms with Crippen molar-refractivity contribution in [3.8, 4) is 0 Å². The van der Waals surface area contributed by atoms with Crippen LogP contribution < -0.4 is 15.6 Å². The zero-order chi connectivity index (χ0) is 23.5. The number of hydrogen-bond acceptors (Lipinski definition) is 5. The highest BCUT2D eigenvalue weighted by molar-refractivity contribution is 6.34. The number of carbonyl (C=O) groups excluding carboxylic acids is 4. The van der Waals surface area contributed by atoms with E-state index in [4.69, 9.17) is 23.2 Å². The summed E-state index contributed by atoms with van der Waals surface area (Å²) in [5, 5.41) is 10.6. The Balaban J connectivity index is 1.81. The summed E-state index contributed by atoms with van der Waals surface area (Å²) >= 11 is 12.3. The van der Waals surface area contributed by atoms with Gasteiger partial charge in [0, 0.05) is 18.6 Å². The lowest BCUT2D eigenvalue weighted by molar-refractivity contribution is -0.659. The molecule has 1 atom stereocenters. The number of urea groups is 2. The van der Waals surface area contributed by atoms with Gasteiger partial charge in [0.2, 0.25) is 0 Å². The number of halogens is 2. The lowest BCUT2D eigenvalue weighted by atomic mass is 10.1. The molecule has 2 N–H and O–H groups in total. The van der Waals surface area contributed by atoms with E-state index in [2.05, 4.69) is 15.7 Å². The lowest BCUT2D eigenvalue weighted by Gasteiger charge is -2.30. The number of imide groups is 3. The van der Waals surface area contributed by atoms with E-state index in [1.54, 1.807) is 6.07 Å². The fourth-order valence-corrected chi connectivity index (χ4v) is 3.50. The molecular weight excluding hydrogens is 457 g/mol. The number of carbonyl (C=O) groups is 4. The van der Waals surface area contributed by atoms with Gasteiger partial charge < -0.3 is 10.6 Å². The number of hydrogen-bond donors (Lipinski definition) is 2. The summed E-state index contributed by atoms with van der Waals surface area (Å²) in [5.74, 6) is -1.26. The van der Waals surface area contributed by atoms with Crippen LogP contribution in [0.5, 0.6) is 0 Å². The number of benzene rings is 2. The van der Waals surface area contributed by atoms with Gasteiger partial charge in [-0.05, 0) is 36.2 Å². The zero-order valence-electron chi connectivity index (χ0n) is 17.3. The Hall–Kier alpha value is -3.27. The Morgan fingerprint density at radius 2 is 1.81 bits per heavy atom. The minimum absolute atomic E-state index is 0.109. The normalized spacial score (nSPS) is 17.9. The molecule has 0 aliphatic carbocycles. The van der Waals surface area contributed by atoms with Crippen LogP contribution >= 0.6 is 23.2 Å². The molecular formula is C21H20Cl2N5O4+. The van der Waals surface area contributed by atoms with Crippen LogP contribution in [0.1, 0.15) is 15.9 Å². The first-order valence-corrected chi connectivity index (χ1v) is 10.3. The zero-order valence-corrected chi connectivity index (χ0v) is 18.8. The first-order valence-electron chi connectivity index (χ1n) is 9.53. The van der Waals surface area contributed by atoms with Crippen molar-refractivity contribution in [2.24, 2.45) is 5.10 Å². The Bertz CT molecular complexity index is 1140. The van der Waals surface area contributed by atoms with Crippen LogP contribution in [0.2, 0.25) is 10.0 Å². The Kier molecular flexibility index (Phi) is 6.93. The third-order valence-electron chi connectivity index (χ3n) is 4.99. The Labute approximate surface area is 194 Å². The van der Waals surface area contributed by atoms with Gasteiger partial charge in [-0.15, -0.1) is 5.01 Å². The van der Waals surface area contributed by atoms with Crippen molar-refractivity contribution < 1.29 is 23.7 Å². The first-order chi connectivity index (χ1) is 15.2. The van der Waals surface area contributed by atoms with E-state index in [0.717, 1.165) is 16.8 Å². The molecule has 32 heavy (non-hydrogen) atoms. The van der Waals surface area contributed by atoms with E-state index in [-0.39, 0.29) is 16.3 Å². The Morgan fingerprint density at radius 3 is 2.50 bits per heavy atom. The summed E-state index contributed by atoms with van der Waals surface area (Å²) in [6.45, 7) is 0.310. The third kappa shape index (κ3) is 4.36. The van der Waals surface area contributed by atoms with Crippen LogP contribution in [0.4, 0.5) is 15.3 Å². The van der Waals surface area contributed by atoms with Crippen LogP contribution in [0.3, 0.4) is 0 Å². The molecule has 3 rings (SSSR count). The van der Waals surface area contributed by atoms with Gasteiger partial charge in [0.05, 0.1) is 23.3 Å². The molecule has 0 radical (unpaired) electrons. The number of rotatable bonds is 5. The molecule has 2 aromatic rings. The fraction of sp³-hybridized carbons (Fsp3) is 0.190. The van der Waals surface area contributed by atoms with E-state index in [1.807, 2.05) is 18.2 Å². The lowest BCUT2D eigenvalue weighted by Crippen LogP contribution is -2.66. The highest BCUT2D eigenvalue weighted by atomic mass is 35.5. The second-order valence-electron chi connectivity index (χ2n) is 7.00. The molecule has 0 aromatic heterocycles. The predicted octanol–water partition coefficient (Wildman–Crippen LogP) is 3.20. The molecule has 9 nitrogen and oxygen atoms in total. The average molecular weight is 477 g/mol. The highest BCUT2D eigenvalue weighted by Crippen LogP contribution is 2.27. The van der Waals surface area contributed by atoms with Gasteiger partial charge in [-0.3, -0.25) is 4.79 Å². The first kappa shape index (κ1) is 23.4. The van der Waals surface area contributed by atoms with Gasteiger partial charge >= 0.3 is 18.0 Å². The van der Waals surface area contributed by atoms with Gasteiger partial charge in [-0.1, -0.05) is 45.9 Å². The van der Waals surface area contributed by atoms with E-state index in [0.29, 0.717) is 18.0 Å². The fourth-order valence-electron chi connectivity index (χ4n) is 3.07. The third-order valence-corrected chi connectivity index (χ3v) is 5.68. The number of quaternary nitrogens is 1. The number of anilines is 1. The van der Waals surface area contributed by atoms with Gasteiger partial charge in [-0.2, -0.15) is 5.10 Å². The molecule has 0 saturated carbocycles. The highest BCUT2D eigenvalue weighted by Gasteiger charge is 2.53. The number of nitrogens with one attached hydrogen (secondary N) is 2. The second-order valence-corrected chi connectivity index (χ2v) is 7.81. The molecule has 1 heterocycles. The smallest absolute Gasteiger partial charge is 0.352 e. The molecule has 166 valence electrons. The summed E-state index contributed by atoms with van der Waals surface area (Å²) < 4.78 is -1.18. The molecule has 0 fully saturated rings. The Morgan fingerprint density at radius 1 is 1.09 bits per heavy atom. The van der Waals surface area contributed by atoms with Crippen molar-refractivity contribution in [1.82, 2.24) is 10.6 Å². The van der Waals surface area contributed by atoms with Crippen molar-refractivity contribution in [3.63, 3.8) is 0 Å². The summed E-state index contributed by atoms with van der Waals surface area (Å²) in [5.41, 5.74) is 1.17. The quantitative estimate of drug-likeness (QED) is 0.645. The van der Waals surface area contributed by atoms with Crippen molar-refractivity contribution in [2.75, 3.05) is 25.6 Å². The number of hydrazone groups is 1. The molecule has 1 unspecified atom stereocenters. The van der Waals surface area contributed by atoms with Crippen LogP contribution in [0, 0.1) is 0 Å². The number of nitrogens with zero attached hydrogens (tertiary/aromatic N) is 3. The predicted molar refractivity (Wildman–Crippen MR) is 121 cm³/mol. The molecule has 11 heteroatoms. The molecule has 1 aliphatic heterocycles. The molecule has 0 bridgehead atoms. The second kappa shape index (κ2) is 9.47. The summed E-state index contributed by atoms with van der Waals surface area (Å²) in [4.78, 5) is 50.1. The molecule has 0 saturated heterocycles. The molecule has 1 aliphatic rings. The minimum atomic E-state index is -1.18. The summed E-state index contributed by atoms with van der Waals surface area (Å²) in [6.07, 6.45) is 1.40.